The fourth-order valence-corrected chi connectivity index (χ4v) is 2.12. The molecule has 0 radical (unpaired) electrons. The van der Waals surface area contributed by atoms with Gasteiger partial charge in [0.2, 0.25) is 5.91 Å². The molecule has 0 heterocycles. The van der Waals surface area contributed by atoms with Gasteiger partial charge >= 0.3 is 0 Å². The highest BCUT2D eigenvalue weighted by Crippen LogP contribution is 2.17. The van der Waals surface area contributed by atoms with Crippen LogP contribution in [0.1, 0.15) is 22.3 Å². The topological polar surface area (TPSA) is 78.9 Å². The lowest BCUT2D eigenvalue weighted by atomic mass is 10.0. The van der Waals surface area contributed by atoms with Crippen molar-refractivity contribution >= 4 is 11.6 Å². The number of rotatable bonds is 4. The third-order valence-electron chi connectivity index (χ3n) is 3.33. The molecule has 4 heteroatoms. The van der Waals surface area contributed by atoms with Gasteiger partial charge in [-0.25, -0.2) is 0 Å². The molecular formula is C17H17N3O. The van der Waals surface area contributed by atoms with Crippen molar-refractivity contribution in [2.24, 2.45) is 5.73 Å². The zero-order chi connectivity index (χ0) is 15.2. The Kier molecular flexibility index (Phi) is 4.70. The second kappa shape index (κ2) is 6.69. The van der Waals surface area contributed by atoms with Gasteiger partial charge in [-0.3, -0.25) is 4.79 Å². The maximum absolute atomic E-state index is 12.2. The zero-order valence-electron chi connectivity index (χ0n) is 11.9. The molecule has 0 saturated carbocycles. The van der Waals surface area contributed by atoms with E-state index >= 15 is 0 Å². The van der Waals surface area contributed by atoms with Crippen LogP contribution < -0.4 is 11.1 Å². The van der Waals surface area contributed by atoms with Crippen molar-refractivity contribution < 1.29 is 4.79 Å². The Morgan fingerprint density at radius 2 is 1.95 bits per heavy atom. The van der Waals surface area contributed by atoms with Crippen LogP contribution in [0.3, 0.4) is 0 Å². The number of nitriles is 1. The lowest BCUT2D eigenvalue weighted by Gasteiger charge is -2.10. The predicted molar refractivity (Wildman–Crippen MR) is 82.6 cm³/mol. The van der Waals surface area contributed by atoms with E-state index in [1.807, 2.05) is 37.3 Å². The van der Waals surface area contributed by atoms with Crippen LogP contribution in [0.2, 0.25) is 0 Å². The van der Waals surface area contributed by atoms with Gasteiger partial charge in [0.15, 0.2) is 0 Å². The molecule has 2 aromatic carbocycles. The van der Waals surface area contributed by atoms with Crippen molar-refractivity contribution in [3.05, 3.63) is 64.7 Å². The maximum atomic E-state index is 12.2. The first-order valence-electron chi connectivity index (χ1n) is 6.71. The summed E-state index contributed by atoms with van der Waals surface area (Å²) in [7, 11) is 0. The van der Waals surface area contributed by atoms with Crippen molar-refractivity contribution in [3.8, 4) is 6.07 Å². The normalized spacial score (nSPS) is 9.95. The molecule has 0 aromatic heterocycles. The molecule has 0 fully saturated rings. The van der Waals surface area contributed by atoms with E-state index in [9.17, 15) is 4.79 Å². The molecule has 0 spiro atoms. The van der Waals surface area contributed by atoms with Gasteiger partial charge in [-0.2, -0.15) is 5.26 Å². The molecule has 0 aliphatic carbocycles. The second-order valence-corrected chi connectivity index (χ2v) is 4.84. The number of hydrogen-bond acceptors (Lipinski definition) is 3. The first-order valence-corrected chi connectivity index (χ1v) is 6.71. The molecule has 0 atom stereocenters. The number of aryl methyl sites for hydroxylation is 1. The predicted octanol–water partition coefficient (Wildman–Crippen LogP) is 2.51. The molecule has 106 valence electrons. The van der Waals surface area contributed by atoms with Gasteiger partial charge in [-0.15, -0.1) is 0 Å². The summed E-state index contributed by atoms with van der Waals surface area (Å²) in [6.45, 7) is 2.30. The molecule has 4 nitrogen and oxygen atoms in total. The molecule has 2 aromatic rings. The molecular weight excluding hydrogens is 262 g/mol. The molecule has 2 rings (SSSR count). The summed E-state index contributed by atoms with van der Waals surface area (Å²) in [5.41, 5.74) is 9.69. The van der Waals surface area contributed by atoms with Crippen molar-refractivity contribution in [2.45, 2.75) is 19.9 Å². The lowest BCUT2D eigenvalue weighted by molar-refractivity contribution is -0.115. The monoisotopic (exact) mass is 279 g/mol. The van der Waals surface area contributed by atoms with Crippen molar-refractivity contribution in [3.63, 3.8) is 0 Å². The van der Waals surface area contributed by atoms with Crippen LogP contribution in [0.25, 0.3) is 0 Å². The number of amides is 1. The van der Waals surface area contributed by atoms with Crippen LogP contribution in [-0.4, -0.2) is 5.91 Å². The van der Waals surface area contributed by atoms with Crippen molar-refractivity contribution in [1.29, 1.82) is 5.26 Å². The summed E-state index contributed by atoms with van der Waals surface area (Å²) in [6, 6.07) is 14.9. The summed E-state index contributed by atoms with van der Waals surface area (Å²) in [6.07, 6.45) is 0.267. The second-order valence-electron chi connectivity index (χ2n) is 4.84. The molecule has 21 heavy (non-hydrogen) atoms. The van der Waals surface area contributed by atoms with Crippen LogP contribution >= 0.6 is 0 Å². The minimum atomic E-state index is -0.117. The SMILES string of the molecule is Cc1ccc(C#N)cc1NC(=O)Cc1ccccc1CN. The first kappa shape index (κ1) is 14.8. The van der Waals surface area contributed by atoms with Gasteiger partial charge < -0.3 is 11.1 Å². The van der Waals surface area contributed by atoms with Gasteiger partial charge in [0, 0.05) is 12.2 Å². The largest absolute Gasteiger partial charge is 0.326 e. The maximum Gasteiger partial charge on any atom is 0.228 e. The number of nitrogens with two attached hydrogens (primary N) is 1. The highest BCUT2D eigenvalue weighted by molar-refractivity contribution is 5.93. The Hall–Kier alpha value is -2.64. The van der Waals surface area contributed by atoms with E-state index in [2.05, 4.69) is 11.4 Å². The number of carbonyl (C=O) groups excluding carboxylic acids is 1. The van der Waals surface area contributed by atoms with E-state index in [-0.39, 0.29) is 12.3 Å². The van der Waals surface area contributed by atoms with E-state index in [1.165, 1.54) is 0 Å². The Labute approximate surface area is 124 Å². The van der Waals surface area contributed by atoms with E-state index in [1.54, 1.807) is 12.1 Å². The molecule has 1 amide bonds. The number of nitrogens with zero attached hydrogens (tertiary/aromatic N) is 1. The fraction of sp³-hybridized carbons (Fsp3) is 0.176. The Balaban J connectivity index is 2.14. The number of anilines is 1. The first-order chi connectivity index (χ1) is 10.1. The molecule has 0 aliphatic rings. The van der Waals surface area contributed by atoms with Crippen LogP contribution in [0, 0.1) is 18.3 Å². The van der Waals surface area contributed by atoms with Crippen molar-refractivity contribution in [1.82, 2.24) is 0 Å². The Morgan fingerprint density at radius 3 is 2.62 bits per heavy atom. The summed E-state index contributed by atoms with van der Waals surface area (Å²) in [4.78, 5) is 12.2. The smallest absolute Gasteiger partial charge is 0.228 e. The number of benzene rings is 2. The van der Waals surface area contributed by atoms with E-state index in [0.29, 0.717) is 17.8 Å². The van der Waals surface area contributed by atoms with Crippen LogP contribution in [-0.2, 0) is 17.8 Å². The highest BCUT2D eigenvalue weighted by Gasteiger charge is 2.09. The van der Waals surface area contributed by atoms with Gasteiger partial charge in [-0.05, 0) is 35.7 Å². The molecule has 0 bridgehead atoms. The standard InChI is InChI=1S/C17H17N3O/c1-12-6-7-13(10-18)8-16(12)20-17(21)9-14-4-2-3-5-15(14)11-19/h2-8H,9,11,19H2,1H3,(H,20,21). The quantitative estimate of drug-likeness (QED) is 0.902. The van der Waals surface area contributed by atoms with E-state index in [4.69, 9.17) is 11.0 Å². The molecule has 0 saturated heterocycles. The third-order valence-corrected chi connectivity index (χ3v) is 3.33. The van der Waals surface area contributed by atoms with Gasteiger partial charge in [0.25, 0.3) is 0 Å². The molecule has 0 unspecified atom stereocenters. The summed E-state index contributed by atoms with van der Waals surface area (Å²) in [5.74, 6) is -0.117. The Bertz CT molecular complexity index is 701. The minimum absolute atomic E-state index is 0.117. The average molecular weight is 279 g/mol. The molecule has 3 N–H and O–H groups in total. The van der Waals surface area contributed by atoms with Gasteiger partial charge in [0.05, 0.1) is 18.1 Å². The zero-order valence-corrected chi connectivity index (χ0v) is 11.9. The van der Waals surface area contributed by atoms with Crippen LogP contribution in [0.15, 0.2) is 42.5 Å². The van der Waals surface area contributed by atoms with Crippen LogP contribution in [0.4, 0.5) is 5.69 Å². The van der Waals surface area contributed by atoms with Gasteiger partial charge in [0.1, 0.15) is 0 Å². The lowest BCUT2D eigenvalue weighted by Crippen LogP contribution is -2.16. The summed E-state index contributed by atoms with van der Waals surface area (Å²) in [5, 5.41) is 11.8. The van der Waals surface area contributed by atoms with E-state index < -0.39 is 0 Å². The number of hydrogen-bond donors (Lipinski definition) is 2. The number of carbonyl (C=O) groups is 1. The van der Waals surface area contributed by atoms with Crippen molar-refractivity contribution in [2.75, 3.05) is 5.32 Å². The number of nitrogens with one attached hydrogen (secondary N) is 1. The van der Waals surface area contributed by atoms with Crippen LogP contribution in [0.5, 0.6) is 0 Å². The highest BCUT2D eigenvalue weighted by atomic mass is 16.1. The fourth-order valence-electron chi connectivity index (χ4n) is 2.12. The van der Waals surface area contributed by atoms with E-state index in [0.717, 1.165) is 16.7 Å². The molecule has 0 aliphatic heterocycles. The summed E-state index contributed by atoms with van der Waals surface area (Å²) >= 11 is 0. The summed E-state index contributed by atoms with van der Waals surface area (Å²) < 4.78 is 0. The van der Waals surface area contributed by atoms with Gasteiger partial charge in [-0.1, -0.05) is 30.3 Å². The minimum Gasteiger partial charge on any atom is -0.326 e. The Morgan fingerprint density at radius 1 is 1.24 bits per heavy atom. The average Bonchev–Trinajstić information content (AvgIpc) is 2.50. The third kappa shape index (κ3) is 3.68.